The number of ether oxygens (including phenoxy) is 1. The van der Waals surface area contributed by atoms with Crippen molar-refractivity contribution >= 4 is 11.3 Å². The maximum Gasteiger partial charge on any atom is 0.147 e. The number of likely N-dealkylation sites (N-methyl/N-ethyl adjacent to an activating group) is 1. The first-order chi connectivity index (χ1) is 8.33. The van der Waals surface area contributed by atoms with Crippen molar-refractivity contribution in [1.29, 1.82) is 0 Å². The molecule has 0 saturated carbocycles. The second-order valence-corrected chi connectivity index (χ2v) is 4.65. The van der Waals surface area contributed by atoms with Crippen LogP contribution < -0.4 is 10.1 Å². The van der Waals surface area contributed by atoms with Crippen LogP contribution >= 0.6 is 11.3 Å². The van der Waals surface area contributed by atoms with Crippen molar-refractivity contribution in [2.45, 2.75) is 6.42 Å². The van der Waals surface area contributed by atoms with Gasteiger partial charge in [0.15, 0.2) is 0 Å². The van der Waals surface area contributed by atoms with Crippen LogP contribution in [-0.2, 0) is 6.42 Å². The Morgan fingerprint density at radius 1 is 1.35 bits per heavy atom. The third kappa shape index (κ3) is 3.01. The molecule has 0 saturated heterocycles. The summed E-state index contributed by atoms with van der Waals surface area (Å²) in [6, 6.07) is 7.88. The second-order valence-electron chi connectivity index (χ2n) is 3.59. The second kappa shape index (κ2) is 5.75. The van der Waals surface area contributed by atoms with Gasteiger partial charge in [-0.2, -0.15) is 0 Å². The first-order valence-electron chi connectivity index (χ1n) is 5.45. The van der Waals surface area contributed by atoms with E-state index in [4.69, 9.17) is 4.74 Å². The molecule has 17 heavy (non-hydrogen) atoms. The zero-order valence-corrected chi connectivity index (χ0v) is 10.8. The Hall–Kier alpha value is -1.46. The van der Waals surface area contributed by atoms with Gasteiger partial charge in [0, 0.05) is 18.5 Å². The molecule has 2 rings (SSSR count). The topological polar surface area (TPSA) is 47.0 Å². The van der Waals surface area contributed by atoms with Crippen LogP contribution in [-0.4, -0.2) is 30.9 Å². The standard InChI is InChI=1S/C12H15N3OS/c1-13-7-6-11-14-15-12(17-11)9-4-3-5-10(8-9)16-2/h3-5,8,13H,6-7H2,1-2H3. The molecule has 0 aliphatic rings. The summed E-state index contributed by atoms with van der Waals surface area (Å²) in [5.74, 6) is 0.842. The minimum absolute atomic E-state index is 0.842. The van der Waals surface area contributed by atoms with Gasteiger partial charge in [-0.25, -0.2) is 0 Å². The molecule has 1 aromatic heterocycles. The van der Waals surface area contributed by atoms with E-state index in [1.54, 1.807) is 18.4 Å². The molecule has 1 aromatic carbocycles. The molecule has 0 amide bonds. The average Bonchev–Trinajstić information content (AvgIpc) is 2.85. The van der Waals surface area contributed by atoms with E-state index in [0.29, 0.717) is 0 Å². The Labute approximate surface area is 105 Å². The molecular formula is C12H15N3OS. The van der Waals surface area contributed by atoms with Crippen LogP contribution in [0.5, 0.6) is 5.75 Å². The lowest BCUT2D eigenvalue weighted by molar-refractivity contribution is 0.415. The van der Waals surface area contributed by atoms with Crippen LogP contribution in [0.2, 0.25) is 0 Å². The van der Waals surface area contributed by atoms with Crippen molar-refractivity contribution in [3.8, 4) is 16.3 Å². The van der Waals surface area contributed by atoms with E-state index in [1.807, 2.05) is 31.3 Å². The van der Waals surface area contributed by atoms with Gasteiger partial charge in [-0.05, 0) is 19.2 Å². The van der Waals surface area contributed by atoms with Gasteiger partial charge in [-0.1, -0.05) is 23.5 Å². The first kappa shape index (κ1) is 12.0. The summed E-state index contributed by atoms with van der Waals surface area (Å²) < 4.78 is 5.19. The molecule has 4 nitrogen and oxygen atoms in total. The highest BCUT2D eigenvalue weighted by atomic mass is 32.1. The van der Waals surface area contributed by atoms with Gasteiger partial charge in [0.25, 0.3) is 0 Å². The number of benzene rings is 1. The smallest absolute Gasteiger partial charge is 0.147 e. The van der Waals surface area contributed by atoms with E-state index in [0.717, 1.165) is 34.3 Å². The summed E-state index contributed by atoms with van der Waals surface area (Å²) in [5, 5.41) is 13.5. The zero-order chi connectivity index (χ0) is 12.1. The number of hydrogen-bond donors (Lipinski definition) is 1. The molecule has 0 atom stereocenters. The Morgan fingerprint density at radius 3 is 3.00 bits per heavy atom. The lowest BCUT2D eigenvalue weighted by Gasteiger charge is -2.00. The van der Waals surface area contributed by atoms with Crippen molar-refractivity contribution in [1.82, 2.24) is 15.5 Å². The first-order valence-corrected chi connectivity index (χ1v) is 6.26. The summed E-state index contributed by atoms with van der Waals surface area (Å²) in [7, 11) is 3.60. The van der Waals surface area contributed by atoms with Gasteiger partial charge in [0.1, 0.15) is 15.8 Å². The monoisotopic (exact) mass is 249 g/mol. The molecule has 1 heterocycles. The zero-order valence-electron chi connectivity index (χ0n) is 9.93. The van der Waals surface area contributed by atoms with Crippen LogP contribution in [0.3, 0.4) is 0 Å². The number of hydrogen-bond acceptors (Lipinski definition) is 5. The van der Waals surface area contributed by atoms with Crippen molar-refractivity contribution in [3.05, 3.63) is 29.3 Å². The highest BCUT2D eigenvalue weighted by Gasteiger charge is 2.06. The molecule has 0 bridgehead atoms. The molecule has 5 heteroatoms. The van der Waals surface area contributed by atoms with Gasteiger partial charge >= 0.3 is 0 Å². The molecule has 0 aliphatic heterocycles. The third-order valence-corrected chi connectivity index (χ3v) is 3.40. The highest BCUT2D eigenvalue weighted by molar-refractivity contribution is 7.14. The van der Waals surface area contributed by atoms with E-state index in [9.17, 15) is 0 Å². The minimum atomic E-state index is 0.842. The lowest BCUT2D eigenvalue weighted by Crippen LogP contribution is -2.09. The maximum atomic E-state index is 5.19. The molecule has 0 radical (unpaired) electrons. The molecule has 0 spiro atoms. The van der Waals surface area contributed by atoms with Crippen molar-refractivity contribution < 1.29 is 4.74 Å². The molecule has 0 fully saturated rings. The van der Waals surface area contributed by atoms with Gasteiger partial charge in [-0.3, -0.25) is 0 Å². The lowest BCUT2D eigenvalue weighted by atomic mass is 10.2. The SMILES string of the molecule is CNCCc1nnc(-c2cccc(OC)c2)s1. The summed E-state index contributed by atoms with van der Waals surface area (Å²) in [6.45, 7) is 0.923. The van der Waals surface area contributed by atoms with Crippen LogP contribution in [0, 0.1) is 0 Å². The van der Waals surface area contributed by atoms with Crippen molar-refractivity contribution in [3.63, 3.8) is 0 Å². The molecule has 2 aromatic rings. The van der Waals surface area contributed by atoms with E-state index < -0.39 is 0 Å². The largest absolute Gasteiger partial charge is 0.497 e. The summed E-state index contributed by atoms with van der Waals surface area (Å²) in [6.07, 6.45) is 0.915. The minimum Gasteiger partial charge on any atom is -0.497 e. The van der Waals surface area contributed by atoms with Crippen LogP contribution in [0.4, 0.5) is 0 Å². The van der Waals surface area contributed by atoms with Crippen molar-refractivity contribution in [2.24, 2.45) is 0 Å². The Morgan fingerprint density at radius 2 is 2.24 bits per heavy atom. The number of nitrogens with zero attached hydrogens (tertiary/aromatic N) is 2. The number of rotatable bonds is 5. The molecule has 1 N–H and O–H groups in total. The normalized spacial score (nSPS) is 10.5. The van der Waals surface area contributed by atoms with E-state index in [2.05, 4.69) is 15.5 Å². The van der Waals surface area contributed by atoms with Crippen molar-refractivity contribution in [2.75, 3.05) is 20.7 Å². The van der Waals surface area contributed by atoms with Gasteiger partial charge in [0.05, 0.1) is 7.11 Å². The third-order valence-electron chi connectivity index (χ3n) is 2.37. The Balaban J connectivity index is 2.18. The number of methoxy groups -OCH3 is 1. The summed E-state index contributed by atoms with van der Waals surface area (Å²) in [5.41, 5.74) is 1.05. The molecular weight excluding hydrogens is 234 g/mol. The molecule has 0 aliphatic carbocycles. The molecule has 0 unspecified atom stereocenters. The fourth-order valence-electron chi connectivity index (χ4n) is 1.46. The Bertz CT molecular complexity index is 484. The predicted molar refractivity (Wildman–Crippen MR) is 69.5 cm³/mol. The Kier molecular flexibility index (Phi) is 4.06. The summed E-state index contributed by atoms with van der Waals surface area (Å²) in [4.78, 5) is 0. The van der Waals surface area contributed by atoms with Gasteiger partial charge in [0.2, 0.25) is 0 Å². The quantitative estimate of drug-likeness (QED) is 0.880. The predicted octanol–water partition coefficient (Wildman–Crippen LogP) is 1.98. The fraction of sp³-hybridized carbons (Fsp3) is 0.333. The van der Waals surface area contributed by atoms with E-state index in [1.165, 1.54) is 0 Å². The van der Waals surface area contributed by atoms with Crippen LogP contribution in [0.1, 0.15) is 5.01 Å². The average molecular weight is 249 g/mol. The van der Waals surface area contributed by atoms with Gasteiger partial charge < -0.3 is 10.1 Å². The fourth-order valence-corrected chi connectivity index (χ4v) is 2.29. The van der Waals surface area contributed by atoms with Gasteiger partial charge in [-0.15, -0.1) is 10.2 Å². The maximum absolute atomic E-state index is 5.19. The van der Waals surface area contributed by atoms with E-state index in [-0.39, 0.29) is 0 Å². The summed E-state index contributed by atoms with van der Waals surface area (Å²) >= 11 is 1.63. The number of aromatic nitrogens is 2. The molecule has 90 valence electrons. The van der Waals surface area contributed by atoms with Crippen LogP contribution in [0.25, 0.3) is 10.6 Å². The van der Waals surface area contributed by atoms with E-state index >= 15 is 0 Å². The number of nitrogens with one attached hydrogen (secondary N) is 1. The van der Waals surface area contributed by atoms with Crippen LogP contribution in [0.15, 0.2) is 24.3 Å². The highest BCUT2D eigenvalue weighted by Crippen LogP contribution is 2.26.